The molecular formula is C21H25NO6. The molecule has 0 spiro atoms. The SMILES string of the molecule is CCOC(=O)O/C=C\[C@@H](C)C/C=C/C(=O)N1C(=O)OC[C@@H]1Cc1ccccc1. The van der Waals surface area contributed by atoms with E-state index < -0.39 is 18.2 Å². The summed E-state index contributed by atoms with van der Waals surface area (Å²) in [4.78, 5) is 36.6. The summed E-state index contributed by atoms with van der Waals surface area (Å²) in [6.07, 6.45) is 5.74. The molecule has 0 bridgehead atoms. The zero-order valence-corrected chi connectivity index (χ0v) is 16.1. The van der Waals surface area contributed by atoms with Gasteiger partial charge in [0.05, 0.1) is 18.9 Å². The molecule has 1 heterocycles. The number of rotatable bonds is 8. The van der Waals surface area contributed by atoms with Gasteiger partial charge in [-0.25, -0.2) is 14.5 Å². The topological polar surface area (TPSA) is 82.1 Å². The molecule has 0 radical (unpaired) electrons. The summed E-state index contributed by atoms with van der Waals surface area (Å²) in [6.45, 7) is 4.03. The molecular weight excluding hydrogens is 362 g/mol. The third-order valence-corrected chi connectivity index (χ3v) is 4.11. The lowest BCUT2D eigenvalue weighted by atomic mass is 10.1. The van der Waals surface area contributed by atoms with Crippen molar-refractivity contribution < 1.29 is 28.6 Å². The van der Waals surface area contributed by atoms with Crippen LogP contribution < -0.4 is 0 Å². The van der Waals surface area contributed by atoms with Crippen molar-refractivity contribution in [1.29, 1.82) is 0 Å². The van der Waals surface area contributed by atoms with Crippen molar-refractivity contribution in [3.63, 3.8) is 0 Å². The number of allylic oxidation sites excluding steroid dienone is 2. The van der Waals surface area contributed by atoms with Crippen LogP contribution in [-0.2, 0) is 25.4 Å². The Morgan fingerprint density at radius 1 is 1.32 bits per heavy atom. The number of ether oxygens (including phenoxy) is 3. The Morgan fingerprint density at radius 2 is 2.07 bits per heavy atom. The third kappa shape index (κ3) is 6.57. The molecule has 1 aromatic rings. The number of cyclic esters (lactones) is 1. The summed E-state index contributed by atoms with van der Waals surface area (Å²) in [5.74, 6) is -0.369. The highest BCUT2D eigenvalue weighted by Crippen LogP contribution is 2.18. The minimum absolute atomic E-state index is 0.0316. The van der Waals surface area contributed by atoms with E-state index >= 15 is 0 Å². The predicted octanol–water partition coefficient (Wildman–Crippen LogP) is 3.85. The minimum atomic E-state index is -0.756. The lowest BCUT2D eigenvalue weighted by Gasteiger charge is -2.18. The van der Waals surface area contributed by atoms with E-state index in [0.717, 1.165) is 10.5 Å². The lowest BCUT2D eigenvalue weighted by molar-refractivity contribution is -0.124. The maximum Gasteiger partial charge on any atom is 0.513 e. The van der Waals surface area contributed by atoms with E-state index in [1.807, 2.05) is 37.3 Å². The molecule has 1 aliphatic rings. The first-order valence-electron chi connectivity index (χ1n) is 9.21. The molecule has 1 aromatic carbocycles. The van der Waals surface area contributed by atoms with Gasteiger partial charge in [-0.1, -0.05) is 43.3 Å². The maximum atomic E-state index is 12.4. The number of imide groups is 1. The first-order valence-corrected chi connectivity index (χ1v) is 9.21. The summed E-state index contributed by atoms with van der Waals surface area (Å²) in [6, 6.07) is 9.33. The summed E-state index contributed by atoms with van der Waals surface area (Å²) < 4.78 is 14.4. The number of nitrogens with zero attached hydrogens (tertiary/aromatic N) is 1. The van der Waals surface area contributed by atoms with Gasteiger partial charge in [-0.15, -0.1) is 0 Å². The average Bonchev–Trinajstić information content (AvgIpc) is 3.03. The third-order valence-electron chi connectivity index (χ3n) is 4.11. The van der Waals surface area contributed by atoms with Crippen molar-refractivity contribution in [2.75, 3.05) is 13.2 Å². The average molecular weight is 387 g/mol. The van der Waals surface area contributed by atoms with Crippen LogP contribution in [0, 0.1) is 5.92 Å². The number of amides is 2. The first-order chi connectivity index (χ1) is 13.5. The van der Waals surface area contributed by atoms with Crippen molar-refractivity contribution >= 4 is 18.2 Å². The summed E-state index contributed by atoms with van der Waals surface area (Å²) in [5, 5.41) is 0. The summed E-state index contributed by atoms with van der Waals surface area (Å²) in [7, 11) is 0. The van der Waals surface area contributed by atoms with Crippen LogP contribution in [0.1, 0.15) is 25.8 Å². The van der Waals surface area contributed by atoms with Gasteiger partial charge in [0.1, 0.15) is 6.61 Å². The molecule has 1 saturated heterocycles. The van der Waals surface area contributed by atoms with Gasteiger partial charge in [0.2, 0.25) is 0 Å². The molecule has 0 N–H and O–H groups in total. The second-order valence-electron chi connectivity index (χ2n) is 6.37. The van der Waals surface area contributed by atoms with Crippen molar-refractivity contribution in [3.05, 3.63) is 60.4 Å². The maximum absolute atomic E-state index is 12.4. The van der Waals surface area contributed by atoms with E-state index in [2.05, 4.69) is 4.74 Å². The lowest BCUT2D eigenvalue weighted by Crippen LogP contribution is -2.39. The van der Waals surface area contributed by atoms with Gasteiger partial charge in [-0.3, -0.25) is 4.79 Å². The smallest absolute Gasteiger partial charge is 0.447 e. The molecule has 7 nitrogen and oxygen atoms in total. The first kappa shape index (κ1) is 21.2. The molecule has 0 aliphatic carbocycles. The van der Waals surface area contributed by atoms with Crippen molar-refractivity contribution in [2.45, 2.75) is 32.7 Å². The molecule has 0 aromatic heterocycles. The van der Waals surface area contributed by atoms with Crippen LogP contribution in [0.4, 0.5) is 9.59 Å². The molecule has 1 aliphatic heterocycles. The van der Waals surface area contributed by atoms with E-state index in [4.69, 9.17) is 9.47 Å². The minimum Gasteiger partial charge on any atom is -0.447 e. The van der Waals surface area contributed by atoms with Gasteiger partial charge in [0.15, 0.2) is 0 Å². The van der Waals surface area contributed by atoms with Gasteiger partial charge >= 0.3 is 12.2 Å². The fourth-order valence-corrected chi connectivity index (χ4v) is 2.69. The standard InChI is InChI=1S/C21H25NO6/c1-3-26-21(25)27-13-12-16(2)8-7-11-19(23)22-18(15-28-20(22)24)14-17-9-5-4-6-10-17/h4-7,9-13,16,18H,3,8,14-15H2,1-2H3/b11-7+,13-12-/t16-,18-/m0/s1. The Labute approximate surface area is 164 Å². The summed E-state index contributed by atoms with van der Waals surface area (Å²) >= 11 is 0. The van der Waals surface area contributed by atoms with Gasteiger partial charge in [-0.2, -0.15) is 0 Å². The fraction of sp³-hybridized carbons (Fsp3) is 0.381. The Balaban J connectivity index is 1.85. The van der Waals surface area contributed by atoms with Gasteiger partial charge in [-0.05, 0) is 43.4 Å². The van der Waals surface area contributed by atoms with Crippen molar-refractivity contribution in [3.8, 4) is 0 Å². The monoisotopic (exact) mass is 387 g/mol. The fourth-order valence-electron chi connectivity index (χ4n) is 2.69. The number of hydrogen-bond donors (Lipinski definition) is 0. The molecule has 2 atom stereocenters. The molecule has 2 amide bonds. The number of benzene rings is 1. The molecule has 28 heavy (non-hydrogen) atoms. The van der Waals surface area contributed by atoms with Crippen LogP contribution in [-0.4, -0.2) is 42.3 Å². The van der Waals surface area contributed by atoms with Crippen LogP contribution in [0.3, 0.4) is 0 Å². The summed E-state index contributed by atoms with van der Waals surface area (Å²) in [5.41, 5.74) is 1.04. The molecule has 0 saturated carbocycles. The largest absolute Gasteiger partial charge is 0.513 e. The number of carbonyl (C=O) groups excluding carboxylic acids is 3. The van der Waals surface area contributed by atoms with E-state index in [9.17, 15) is 14.4 Å². The second-order valence-corrected chi connectivity index (χ2v) is 6.37. The van der Waals surface area contributed by atoms with Gasteiger partial charge in [0.25, 0.3) is 5.91 Å². The van der Waals surface area contributed by atoms with Crippen molar-refractivity contribution in [2.24, 2.45) is 5.92 Å². The van der Waals surface area contributed by atoms with E-state index in [1.54, 1.807) is 19.1 Å². The molecule has 150 valence electrons. The van der Waals surface area contributed by atoms with E-state index in [0.29, 0.717) is 12.8 Å². The van der Waals surface area contributed by atoms with E-state index in [-0.39, 0.29) is 25.2 Å². The molecule has 7 heteroatoms. The molecule has 1 fully saturated rings. The Kier molecular flexibility index (Phi) is 8.27. The predicted molar refractivity (Wildman–Crippen MR) is 102 cm³/mol. The normalized spacial score (nSPS) is 17.7. The highest BCUT2D eigenvalue weighted by molar-refractivity contribution is 5.99. The Hall–Kier alpha value is -3.09. The molecule has 2 rings (SSSR count). The number of carbonyl (C=O) groups is 3. The van der Waals surface area contributed by atoms with Gasteiger partial charge < -0.3 is 14.2 Å². The zero-order valence-electron chi connectivity index (χ0n) is 16.1. The zero-order chi connectivity index (χ0) is 20.4. The molecule has 0 unspecified atom stereocenters. The Morgan fingerprint density at radius 3 is 2.79 bits per heavy atom. The highest BCUT2D eigenvalue weighted by Gasteiger charge is 2.36. The van der Waals surface area contributed by atoms with Crippen LogP contribution >= 0.6 is 0 Å². The quantitative estimate of drug-likeness (QED) is 0.383. The van der Waals surface area contributed by atoms with Crippen LogP contribution in [0.5, 0.6) is 0 Å². The van der Waals surface area contributed by atoms with Crippen LogP contribution in [0.2, 0.25) is 0 Å². The van der Waals surface area contributed by atoms with Crippen LogP contribution in [0.15, 0.2) is 54.8 Å². The van der Waals surface area contributed by atoms with E-state index in [1.165, 1.54) is 12.3 Å². The highest BCUT2D eigenvalue weighted by atomic mass is 16.7. The van der Waals surface area contributed by atoms with Crippen LogP contribution in [0.25, 0.3) is 0 Å². The number of hydrogen-bond acceptors (Lipinski definition) is 6. The second kappa shape index (κ2) is 10.9. The Bertz CT molecular complexity index is 728. The van der Waals surface area contributed by atoms with Gasteiger partial charge in [0, 0.05) is 0 Å². The van der Waals surface area contributed by atoms with Crippen molar-refractivity contribution in [1.82, 2.24) is 4.90 Å².